The molecule has 0 aliphatic carbocycles. The Bertz CT molecular complexity index is 1510. The number of aryl methyl sites for hydroxylation is 1. The first-order valence-electron chi connectivity index (χ1n) is 11.5. The lowest BCUT2D eigenvalue weighted by Crippen LogP contribution is -2.27. The summed E-state index contributed by atoms with van der Waals surface area (Å²) in [6, 6.07) is 18.0. The standard InChI is InChI=1S/C27H26ClN5O3/c1-3-33-26(29)19(15-23(34)30-2)25(36)18-12-13-21(32-27(18)33)17-10-8-16(9-11-17)14-24(35)31-22-7-5-4-6-20(22)28/h4-13H,3,14-15,29H2,1-2H3,(H,30,34)(H,31,35). The van der Waals surface area contributed by atoms with E-state index in [9.17, 15) is 14.4 Å². The van der Waals surface area contributed by atoms with Crippen molar-refractivity contribution in [1.29, 1.82) is 0 Å². The fourth-order valence-corrected chi connectivity index (χ4v) is 4.21. The van der Waals surface area contributed by atoms with Gasteiger partial charge >= 0.3 is 0 Å². The van der Waals surface area contributed by atoms with E-state index >= 15 is 0 Å². The van der Waals surface area contributed by atoms with Crippen LogP contribution in [0.25, 0.3) is 22.3 Å². The van der Waals surface area contributed by atoms with Crippen molar-refractivity contribution in [2.45, 2.75) is 26.3 Å². The summed E-state index contributed by atoms with van der Waals surface area (Å²) >= 11 is 6.11. The minimum atomic E-state index is -0.297. The Morgan fingerprint density at radius 2 is 1.72 bits per heavy atom. The molecular weight excluding hydrogens is 478 g/mol. The van der Waals surface area contributed by atoms with Crippen LogP contribution in [0.1, 0.15) is 18.1 Å². The number of carbonyl (C=O) groups is 2. The number of halogens is 1. The normalized spacial score (nSPS) is 10.9. The van der Waals surface area contributed by atoms with Gasteiger partial charge in [0.2, 0.25) is 11.8 Å². The van der Waals surface area contributed by atoms with E-state index < -0.39 is 0 Å². The average molecular weight is 504 g/mol. The van der Waals surface area contributed by atoms with Crippen LogP contribution in [0.5, 0.6) is 0 Å². The number of pyridine rings is 2. The number of nitrogens with zero attached hydrogens (tertiary/aromatic N) is 2. The number of carbonyl (C=O) groups excluding carboxylic acids is 2. The Morgan fingerprint density at radius 3 is 2.39 bits per heavy atom. The molecule has 2 aromatic heterocycles. The van der Waals surface area contributed by atoms with Gasteiger partial charge < -0.3 is 20.9 Å². The molecule has 0 aliphatic rings. The molecule has 0 saturated carbocycles. The van der Waals surface area contributed by atoms with Crippen LogP contribution in [0.3, 0.4) is 0 Å². The van der Waals surface area contributed by atoms with Crippen LogP contribution in [-0.4, -0.2) is 28.4 Å². The Labute approximate surface area is 213 Å². The molecule has 0 bridgehead atoms. The van der Waals surface area contributed by atoms with Crippen molar-refractivity contribution >= 4 is 46.0 Å². The number of hydrogen-bond donors (Lipinski definition) is 3. The highest BCUT2D eigenvalue weighted by Gasteiger charge is 2.18. The fourth-order valence-electron chi connectivity index (χ4n) is 4.02. The largest absolute Gasteiger partial charge is 0.385 e. The maximum atomic E-state index is 13.1. The first-order valence-corrected chi connectivity index (χ1v) is 11.9. The lowest BCUT2D eigenvalue weighted by Gasteiger charge is -2.16. The lowest BCUT2D eigenvalue weighted by molar-refractivity contribution is -0.120. The molecule has 2 aromatic carbocycles. The van der Waals surface area contributed by atoms with E-state index in [-0.39, 0.29) is 41.5 Å². The average Bonchev–Trinajstić information content (AvgIpc) is 2.88. The third-order valence-electron chi connectivity index (χ3n) is 5.94. The zero-order valence-corrected chi connectivity index (χ0v) is 20.7. The lowest BCUT2D eigenvalue weighted by atomic mass is 10.0. The number of nitrogen functional groups attached to an aromatic ring is 1. The Kier molecular flexibility index (Phi) is 7.36. The third kappa shape index (κ3) is 5.08. The van der Waals surface area contributed by atoms with E-state index in [1.54, 1.807) is 41.0 Å². The van der Waals surface area contributed by atoms with Gasteiger partial charge in [-0.1, -0.05) is 48.0 Å². The molecule has 0 saturated heterocycles. The van der Waals surface area contributed by atoms with E-state index in [1.807, 2.05) is 31.2 Å². The zero-order valence-electron chi connectivity index (χ0n) is 20.0. The van der Waals surface area contributed by atoms with E-state index in [1.165, 1.54) is 7.05 Å². The zero-order chi connectivity index (χ0) is 25.8. The van der Waals surface area contributed by atoms with Crippen molar-refractivity contribution in [3.05, 3.63) is 87.0 Å². The number of amides is 2. The number of anilines is 2. The molecular formula is C27H26ClN5O3. The minimum Gasteiger partial charge on any atom is -0.385 e. The molecule has 0 spiro atoms. The number of likely N-dealkylation sites (N-methyl/N-ethyl adjacent to an activating group) is 1. The third-order valence-corrected chi connectivity index (χ3v) is 6.27. The molecule has 0 aliphatic heterocycles. The summed E-state index contributed by atoms with van der Waals surface area (Å²) in [7, 11) is 1.52. The molecule has 2 heterocycles. The molecule has 0 atom stereocenters. The number of aromatic nitrogens is 2. The molecule has 8 nitrogen and oxygen atoms in total. The van der Waals surface area contributed by atoms with Gasteiger partial charge in [0, 0.05) is 24.7 Å². The molecule has 184 valence electrons. The number of nitrogens with two attached hydrogens (primary N) is 1. The summed E-state index contributed by atoms with van der Waals surface area (Å²) in [5.41, 5.74) is 9.60. The Hall–Kier alpha value is -4.17. The van der Waals surface area contributed by atoms with Crippen molar-refractivity contribution in [3.63, 3.8) is 0 Å². The predicted octanol–water partition coefficient (Wildman–Crippen LogP) is 3.79. The number of fused-ring (bicyclic) bond motifs is 1. The number of benzene rings is 2. The minimum absolute atomic E-state index is 0.0929. The van der Waals surface area contributed by atoms with Gasteiger partial charge in [-0.2, -0.15) is 0 Å². The molecule has 4 N–H and O–H groups in total. The van der Waals surface area contributed by atoms with Crippen molar-refractivity contribution in [2.24, 2.45) is 0 Å². The van der Waals surface area contributed by atoms with Crippen LogP contribution < -0.4 is 21.8 Å². The first kappa shape index (κ1) is 24.9. The SMILES string of the molecule is CCn1c(N)c(CC(=O)NC)c(=O)c2ccc(-c3ccc(CC(=O)Nc4ccccc4Cl)cc3)nc21. The number of para-hydroxylation sites is 1. The maximum absolute atomic E-state index is 13.1. The smallest absolute Gasteiger partial charge is 0.228 e. The highest BCUT2D eigenvalue weighted by atomic mass is 35.5. The van der Waals surface area contributed by atoms with Gasteiger partial charge in [-0.25, -0.2) is 4.98 Å². The molecule has 0 unspecified atom stereocenters. The van der Waals surface area contributed by atoms with Crippen LogP contribution in [0.2, 0.25) is 5.02 Å². The van der Waals surface area contributed by atoms with E-state index in [2.05, 4.69) is 10.6 Å². The maximum Gasteiger partial charge on any atom is 0.228 e. The van der Waals surface area contributed by atoms with Crippen LogP contribution in [0.15, 0.2) is 65.5 Å². The van der Waals surface area contributed by atoms with Crippen molar-refractivity contribution in [3.8, 4) is 11.3 Å². The van der Waals surface area contributed by atoms with Crippen molar-refractivity contribution < 1.29 is 9.59 Å². The summed E-state index contributed by atoms with van der Waals surface area (Å²) in [4.78, 5) is 42.1. The molecule has 0 fully saturated rings. The van der Waals surface area contributed by atoms with Crippen LogP contribution in [0.4, 0.5) is 11.5 Å². The second-order valence-corrected chi connectivity index (χ2v) is 8.66. The van der Waals surface area contributed by atoms with Crippen molar-refractivity contribution in [1.82, 2.24) is 14.9 Å². The van der Waals surface area contributed by atoms with Crippen LogP contribution in [-0.2, 0) is 29.0 Å². The summed E-state index contributed by atoms with van der Waals surface area (Å²) in [6.45, 7) is 2.39. The molecule has 36 heavy (non-hydrogen) atoms. The van der Waals surface area contributed by atoms with Gasteiger partial charge in [0.15, 0.2) is 5.43 Å². The molecule has 4 aromatic rings. The topological polar surface area (TPSA) is 119 Å². The number of hydrogen-bond acceptors (Lipinski definition) is 5. The molecule has 2 amide bonds. The summed E-state index contributed by atoms with van der Waals surface area (Å²) in [5, 5.41) is 6.23. The van der Waals surface area contributed by atoms with Crippen LogP contribution in [0, 0.1) is 0 Å². The fraction of sp³-hybridized carbons (Fsp3) is 0.185. The highest BCUT2D eigenvalue weighted by molar-refractivity contribution is 6.33. The summed E-state index contributed by atoms with van der Waals surface area (Å²) in [5.74, 6) is -0.219. The number of rotatable bonds is 7. The second kappa shape index (κ2) is 10.6. The summed E-state index contributed by atoms with van der Waals surface area (Å²) < 4.78 is 1.74. The van der Waals surface area contributed by atoms with Gasteiger partial charge in [-0.05, 0) is 36.8 Å². The summed E-state index contributed by atoms with van der Waals surface area (Å²) in [6.07, 6.45) is 0.0983. The second-order valence-electron chi connectivity index (χ2n) is 8.26. The van der Waals surface area contributed by atoms with E-state index in [0.29, 0.717) is 34.0 Å². The van der Waals surface area contributed by atoms with Gasteiger partial charge in [0.05, 0.1) is 34.6 Å². The molecule has 0 radical (unpaired) electrons. The Morgan fingerprint density at radius 1 is 1.00 bits per heavy atom. The van der Waals surface area contributed by atoms with E-state index in [0.717, 1.165) is 11.1 Å². The van der Waals surface area contributed by atoms with Crippen molar-refractivity contribution in [2.75, 3.05) is 18.1 Å². The van der Waals surface area contributed by atoms with Gasteiger partial charge in [-0.15, -0.1) is 0 Å². The number of nitrogens with one attached hydrogen (secondary N) is 2. The van der Waals surface area contributed by atoms with Gasteiger partial charge in [0.25, 0.3) is 0 Å². The first-order chi connectivity index (χ1) is 17.3. The van der Waals surface area contributed by atoms with Gasteiger partial charge in [0.1, 0.15) is 11.5 Å². The van der Waals surface area contributed by atoms with Crippen LogP contribution >= 0.6 is 11.6 Å². The van der Waals surface area contributed by atoms with E-state index in [4.69, 9.17) is 22.3 Å². The predicted molar refractivity (Wildman–Crippen MR) is 143 cm³/mol. The Balaban J connectivity index is 1.60. The highest BCUT2D eigenvalue weighted by Crippen LogP contribution is 2.24. The monoisotopic (exact) mass is 503 g/mol. The molecule has 4 rings (SSSR count). The quantitative estimate of drug-likeness (QED) is 0.354. The van der Waals surface area contributed by atoms with Gasteiger partial charge in [-0.3, -0.25) is 14.4 Å². The molecule has 9 heteroatoms.